The van der Waals surface area contributed by atoms with Crippen LogP contribution in [-0.4, -0.2) is 19.5 Å². The van der Waals surface area contributed by atoms with Crippen LogP contribution in [0.1, 0.15) is 18.4 Å². The van der Waals surface area contributed by atoms with E-state index in [2.05, 4.69) is 168 Å². The van der Waals surface area contributed by atoms with Gasteiger partial charge in [0.05, 0.1) is 11.0 Å². The lowest BCUT2D eigenvalue weighted by atomic mass is 9.98. The Balaban J connectivity index is 1.09. The average molecular weight is 735 g/mol. The highest BCUT2D eigenvalue weighted by molar-refractivity contribution is 7.26. The molecule has 0 bridgehead atoms. The lowest BCUT2D eigenvalue weighted by Gasteiger charge is -2.12. The van der Waals surface area contributed by atoms with Gasteiger partial charge in [-0.15, -0.1) is 11.3 Å². The summed E-state index contributed by atoms with van der Waals surface area (Å²) in [5.41, 5.74) is 11.3. The van der Waals surface area contributed by atoms with Gasteiger partial charge < -0.3 is 0 Å². The van der Waals surface area contributed by atoms with Crippen molar-refractivity contribution in [2.45, 2.75) is 12.8 Å². The highest BCUT2D eigenvalue weighted by Gasteiger charge is 2.20. The number of rotatable bonds is 6. The van der Waals surface area contributed by atoms with E-state index in [-0.39, 0.29) is 0 Å². The molecule has 11 rings (SSSR count). The molecule has 7 aromatic carbocycles. The zero-order chi connectivity index (χ0) is 37.0. The van der Waals surface area contributed by atoms with Gasteiger partial charge in [-0.05, 0) is 70.5 Å². The van der Waals surface area contributed by atoms with Crippen molar-refractivity contribution in [2.24, 2.45) is 0 Å². The molecule has 56 heavy (non-hydrogen) atoms. The standard InChI is InChI=1S/C51H34N4S/c1-4-13-33(14-5-1)35-23-25-37(26-24-35)50-52-49(36-17-8-3-9-18-36)53-51(54-50)55-45-22-11-10-19-41(45)42-29-27-39(32-46(42)55)40-20-12-21-43-44-31-38(34-15-6-2-7-16-34)28-30-47(44)56-48(40)43/h2-4,6-32H,1,5H2. The minimum absolute atomic E-state index is 0.590. The van der Waals surface area contributed by atoms with Crippen molar-refractivity contribution in [3.63, 3.8) is 0 Å². The summed E-state index contributed by atoms with van der Waals surface area (Å²) in [7, 11) is 0. The summed E-state index contributed by atoms with van der Waals surface area (Å²) in [4.78, 5) is 15.5. The number of thiophene rings is 1. The summed E-state index contributed by atoms with van der Waals surface area (Å²) >= 11 is 1.86. The highest BCUT2D eigenvalue weighted by Crippen LogP contribution is 2.43. The van der Waals surface area contributed by atoms with Gasteiger partial charge in [0.15, 0.2) is 11.6 Å². The minimum Gasteiger partial charge on any atom is -0.278 e. The Labute approximate surface area is 328 Å². The molecule has 0 unspecified atom stereocenters. The van der Waals surface area contributed by atoms with Crippen LogP contribution < -0.4 is 0 Å². The van der Waals surface area contributed by atoms with E-state index in [0.29, 0.717) is 17.6 Å². The van der Waals surface area contributed by atoms with Crippen molar-refractivity contribution < 1.29 is 0 Å². The fourth-order valence-corrected chi connectivity index (χ4v) is 9.36. The lowest BCUT2D eigenvalue weighted by molar-refractivity contribution is 0.953. The first kappa shape index (κ1) is 32.5. The van der Waals surface area contributed by atoms with Crippen molar-refractivity contribution in [1.82, 2.24) is 19.5 Å². The van der Waals surface area contributed by atoms with Crippen molar-refractivity contribution in [3.8, 4) is 51.0 Å². The first-order valence-corrected chi connectivity index (χ1v) is 19.9. The number of para-hydroxylation sites is 1. The van der Waals surface area contributed by atoms with Gasteiger partial charge in [0.25, 0.3) is 0 Å². The van der Waals surface area contributed by atoms with Gasteiger partial charge in [-0.3, -0.25) is 4.57 Å². The second-order valence-electron chi connectivity index (χ2n) is 14.3. The van der Waals surface area contributed by atoms with E-state index in [4.69, 9.17) is 15.0 Å². The van der Waals surface area contributed by atoms with Crippen molar-refractivity contribution in [3.05, 3.63) is 188 Å². The zero-order valence-electron chi connectivity index (χ0n) is 30.4. The first-order valence-electron chi connectivity index (χ1n) is 19.1. The van der Waals surface area contributed by atoms with E-state index in [1.165, 1.54) is 48.0 Å². The van der Waals surface area contributed by atoms with Crippen LogP contribution >= 0.6 is 11.3 Å². The lowest BCUT2D eigenvalue weighted by Crippen LogP contribution is -2.06. The molecular formula is C51H34N4S. The molecule has 0 amide bonds. The minimum atomic E-state index is 0.590. The summed E-state index contributed by atoms with van der Waals surface area (Å²) in [6.45, 7) is 0. The molecule has 10 aromatic rings. The summed E-state index contributed by atoms with van der Waals surface area (Å²) in [5, 5.41) is 4.87. The molecule has 3 heterocycles. The second-order valence-corrected chi connectivity index (χ2v) is 15.4. The molecule has 0 atom stereocenters. The Bertz CT molecular complexity index is 3170. The highest BCUT2D eigenvalue weighted by atomic mass is 32.1. The van der Waals surface area contributed by atoms with Crippen molar-refractivity contribution >= 4 is 58.9 Å². The van der Waals surface area contributed by atoms with Crippen LogP contribution in [0.25, 0.3) is 98.5 Å². The number of benzene rings is 7. The molecule has 3 aromatic heterocycles. The molecule has 1 aliphatic rings. The van der Waals surface area contributed by atoms with Crippen LogP contribution in [0.3, 0.4) is 0 Å². The Kier molecular flexibility index (Phi) is 7.78. The van der Waals surface area contributed by atoms with Gasteiger partial charge in [-0.25, -0.2) is 4.98 Å². The summed E-state index contributed by atoms with van der Waals surface area (Å²) in [6.07, 6.45) is 8.93. The SMILES string of the molecule is C1=CC(c2ccc(-c3nc(-c4ccccc4)nc(-n4c5ccccc5c5ccc(-c6cccc7c6sc6ccc(-c8ccccc8)cc67)cc54)n3)cc2)=CCC1. The zero-order valence-corrected chi connectivity index (χ0v) is 31.2. The maximum absolute atomic E-state index is 5.24. The third-order valence-electron chi connectivity index (χ3n) is 10.9. The van der Waals surface area contributed by atoms with E-state index in [0.717, 1.165) is 51.3 Å². The molecule has 264 valence electrons. The van der Waals surface area contributed by atoms with Gasteiger partial charge in [0, 0.05) is 42.1 Å². The van der Waals surface area contributed by atoms with Gasteiger partial charge in [0.2, 0.25) is 5.95 Å². The fourth-order valence-electron chi connectivity index (χ4n) is 8.14. The van der Waals surface area contributed by atoms with Crippen LogP contribution in [0.15, 0.2) is 182 Å². The third-order valence-corrected chi connectivity index (χ3v) is 12.1. The van der Waals surface area contributed by atoms with Crippen molar-refractivity contribution in [1.29, 1.82) is 0 Å². The monoisotopic (exact) mass is 734 g/mol. The molecule has 5 heteroatoms. The van der Waals surface area contributed by atoms with Crippen LogP contribution in [0.5, 0.6) is 0 Å². The number of allylic oxidation sites excluding steroid dienone is 4. The molecular weight excluding hydrogens is 701 g/mol. The Morgan fingerprint density at radius 3 is 1.89 bits per heavy atom. The molecule has 4 nitrogen and oxygen atoms in total. The molecule has 0 saturated carbocycles. The van der Waals surface area contributed by atoms with E-state index in [9.17, 15) is 0 Å². The predicted octanol–water partition coefficient (Wildman–Crippen LogP) is 13.7. The summed E-state index contributed by atoms with van der Waals surface area (Å²) < 4.78 is 4.79. The van der Waals surface area contributed by atoms with Gasteiger partial charge >= 0.3 is 0 Å². The Hall–Kier alpha value is -6.95. The Morgan fingerprint density at radius 2 is 1.11 bits per heavy atom. The quantitative estimate of drug-likeness (QED) is 0.171. The molecule has 0 aliphatic heterocycles. The number of fused-ring (bicyclic) bond motifs is 6. The van der Waals surface area contributed by atoms with Crippen LogP contribution in [0, 0.1) is 0 Å². The summed E-state index contributed by atoms with van der Waals surface area (Å²) in [5.74, 6) is 1.87. The van der Waals surface area contributed by atoms with E-state index in [1.54, 1.807) is 0 Å². The largest absolute Gasteiger partial charge is 0.278 e. The number of hydrogen-bond acceptors (Lipinski definition) is 4. The maximum Gasteiger partial charge on any atom is 0.238 e. The van der Waals surface area contributed by atoms with E-state index < -0.39 is 0 Å². The number of hydrogen-bond donors (Lipinski definition) is 0. The Morgan fingerprint density at radius 1 is 0.446 bits per heavy atom. The normalized spacial score (nSPS) is 12.9. The summed E-state index contributed by atoms with van der Waals surface area (Å²) in [6, 6.07) is 58.4. The molecule has 0 radical (unpaired) electrons. The third kappa shape index (κ3) is 5.55. The first-order chi connectivity index (χ1) is 27.7. The van der Waals surface area contributed by atoms with Crippen LogP contribution in [0.4, 0.5) is 0 Å². The second kappa shape index (κ2) is 13.4. The topological polar surface area (TPSA) is 43.6 Å². The van der Waals surface area contributed by atoms with E-state index >= 15 is 0 Å². The van der Waals surface area contributed by atoms with Crippen LogP contribution in [0.2, 0.25) is 0 Å². The van der Waals surface area contributed by atoms with Gasteiger partial charge in [-0.2, -0.15) is 9.97 Å². The van der Waals surface area contributed by atoms with Gasteiger partial charge in [-0.1, -0.05) is 158 Å². The number of aromatic nitrogens is 4. The van der Waals surface area contributed by atoms with Crippen molar-refractivity contribution in [2.75, 3.05) is 0 Å². The smallest absolute Gasteiger partial charge is 0.238 e. The van der Waals surface area contributed by atoms with Crippen LogP contribution in [-0.2, 0) is 0 Å². The molecule has 0 spiro atoms. The molecule has 0 saturated heterocycles. The average Bonchev–Trinajstić information content (AvgIpc) is 3.82. The maximum atomic E-state index is 5.24. The predicted molar refractivity (Wildman–Crippen MR) is 235 cm³/mol. The fraction of sp³-hybridized carbons (Fsp3) is 0.0392. The number of nitrogens with zero attached hydrogens (tertiary/aromatic N) is 4. The molecule has 1 aliphatic carbocycles. The molecule has 0 fully saturated rings. The van der Waals surface area contributed by atoms with E-state index in [1.807, 2.05) is 29.5 Å². The van der Waals surface area contributed by atoms with Gasteiger partial charge in [0.1, 0.15) is 0 Å². The molecule has 0 N–H and O–H groups in total.